The van der Waals surface area contributed by atoms with Gasteiger partial charge in [-0.1, -0.05) is 12.8 Å². The maximum atomic E-state index is 5.19. The van der Waals surface area contributed by atoms with Crippen molar-refractivity contribution in [1.29, 1.82) is 0 Å². The summed E-state index contributed by atoms with van der Waals surface area (Å²) in [7, 11) is 0. The Morgan fingerprint density at radius 3 is 1.75 bits per heavy atom. The van der Waals surface area contributed by atoms with Gasteiger partial charge in [0.15, 0.2) is 0 Å². The molecule has 0 saturated carbocycles. The van der Waals surface area contributed by atoms with Crippen molar-refractivity contribution in [1.82, 2.24) is 6.15 Å². The fourth-order valence-electron chi connectivity index (χ4n) is 0.864. The predicted molar refractivity (Wildman–Crippen MR) is 34.3 cm³/mol. The minimum Gasteiger partial charge on any atom is -0.381 e. The maximum absolute atomic E-state index is 5.19. The van der Waals surface area contributed by atoms with E-state index in [-0.39, 0.29) is 6.15 Å². The number of hydrogen-bond donors (Lipinski definition) is 1. The van der Waals surface area contributed by atoms with E-state index in [1.54, 1.807) is 0 Å². The monoisotopic (exact) mass is 117 g/mol. The Kier molecular flexibility index (Phi) is 5.01. The summed E-state index contributed by atoms with van der Waals surface area (Å²) in [6.45, 7) is 2.00. The van der Waals surface area contributed by atoms with E-state index in [2.05, 4.69) is 0 Å². The van der Waals surface area contributed by atoms with Gasteiger partial charge in [0.25, 0.3) is 0 Å². The number of ether oxygens (including phenoxy) is 1. The molecule has 1 heterocycles. The van der Waals surface area contributed by atoms with Crippen LogP contribution in [0.3, 0.4) is 0 Å². The van der Waals surface area contributed by atoms with E-state index >= 15 is 0 Å². The fraction of sp³-hybridized carbons (Fsp3) is 1.00. The molecule has 0 amide bonds. The van der Waals surface area contributed by atoms with Crippen LogP contribution < -0.4 is 6.15 Å². The van der Waals surface area contributed by atoms with Gasteiger partial charge >= 0.3 is 0 Å². The third-order valence-corrected chi connectivity index (χ3v) is 1.33. The summed E-state index contributed by atoms with van der Waals surface area (Å²) < 4.78 is 5.19. The summed E-state index contributed by atoms with van der Waals surface area (Å²) >= 11 is 0. The first-order valence-corrected chi connectivity index (χ1v) is 3.08. The zero-order valence-corrected chi connectivity index (χ0v) is 5.36. The molecule has 0 aromatic carbocycles. The second-order valence-electron chi connectivity index (χ2n) is 2.03. The topological polar surface area (TPSA) is 44.2 Å². The zero-order chi connectivity index (χ0) is 4.95. The molecule has 2 nitrogen and oxygen atoms in total. The van der Waals surface area contributed by atoms with Crippen LogP contribution in [0.4, 0.5) is 0 Å². The molecule has 0 aliphatic carbocycles. The molecule has 1 fully saturated rings. The summed E-state index contributed by atoms with van der Waals surface area (Å²) in [4.78, 5) is 0. The van der Waals surface area contributed by atoms with Crippen molar-refractivity contribution < 1.29 is 4.74 Å². The van der Waals surface area contributed by atoms with E-state index in [9.17, 15) is 0 Å². The Hall–Kier alpha value is -0.0800. The SMILES string of the molecule is C1CCCOCC1.N. The molecule has 1 aliphatic rings. The lowest BCUT2D eigenvalue weighted by molar-refractivity contribution is 0.144. The third kappa shape index (κ3) is 2.99. The molecular formula is C6H15NO. The van der Waals surface area contributed by atoms with E-state index in [0.717, 1.165) is 13.2 Å². The van der Waals surface area contributed by atoms with Crippen LogP contribution in [0.5, 0.6) is 0 Å². The summed E-state index contributed by atoms with van der Waals surface area (Å²) in [5, 5.41) is 0. The van der Waals surface area contributed by atoms with E-state index in [4.69, 9.17) is 4.74 Å². The lowest BCUT2D eigenvalue weighted by Crippen LogP contribution is -1.89. The van der Waals surface area contributed by atoms with Gasteiger partial charge in [0, 0.05) is 13.2 Å². The zero-order valence-electron chi connectivity index (χ0n) is 5.36. The van der Waals surface area contributed by atoms with E-state index in [1.807, 2.05) is 0 Å². The van der Waals surface area contributed by atoms with Gasteiger partial charge in [-0.3, -0.25) is 0 Å². The molecule has 0 atom stereocenters. The first-order chi connectivity index (χ1) is 3.50. The van der Waals surface area contributed by atoms with Crippen molar-refractivity contribution in [3.63, 3.8) is 0 Å². The molecule has 2 heteroatoms. The summed E-state index contributed by atoms with van der Waals surface area (Å²) in [5.74, 6) is 0. The van der Waals surface area contributed by atoms with Crippen LogP contribution in [-0.4, -0.2) is 13.2 Å². The standard InChI is InChI=1S/C6H12O.H3N/c1-2-4-6-7-5-3-1;/h1-6H2;1H3. The Labute approximate surface area is 50.8 Å². The molecule has 0 spiro atoms. The molecule has 0 aromatic rings. The molecule has 1 rings (SSSR count). The number of hydrogen-bond acceptors (Lipinski definition) is 2. The van der Waals surface area contributed by atoms with Crippen LogP contribution in [0.2, 0.25) is 0 Å². The normalized spacial score (nSPS) is 21.0. The highest BCUT2D eigenvalue weighted by Crippen LogP contribution is 2.04. The van der Waals surface area contributed by atoms with Gasteiger partial charge in [0.2, 0.25) is 0 Å². The number of rotatable bonds is 0. The van der Waals surface area contributed by atoms with Crippen molar-refractivity contribution in [3.8, 4) is 0 Å². The van der Waals surface area contributed by atoms with Crippen LogP contribution in [-0.2, 0) is 4.74 Å². The molecule has 0 radical (unpaired) electrons. The average molecular weight is 117 g/mol. The highest BCUT2D eigenvalue weighted by atomic mass is 16.5. The lowest BCUT2D eigenvalue weighted by atomic mass is 10.2. The molecule has 3 N–H and O–H groups in total. The van der Waals surface area contributed by atoms with Crippen LogP contribution in [0.15, 0.2) is 0 Å². The van der Waals surface area contributed by atoms with E-state index in [0.29, 0.717) is 0 Å². The van der Waals surface area contributed by atoms with E-state index in [1.165, 1.54) is 25.7 Å². The predicted octanol–water partition coefficient (Wildman–Crippen LogP) is 1.74. The van der Waals surface area contributed by atoms with E-state index < -0.39 is 0 Å². The molecule has 1 saturated heterocycles. The van der Waals surface area contributed by atoms with Gasteiger partial charge in [0.1, 0.15) is 0 Å². The Morgan fingerprint density at radius 1 is 0.750 bits per heavy atom. The van der Waals surface area contributed by atoms with Crippen molar-refractivity contribution in [2.24, 2.45) is 0 Å². The van der Waals surface area contributed by atoms with Gasteiger partial charge in [-0.25, -0.2) is 0 Å². The highest BCUT2D eigenvalue weighted by molar-refractivity contribution is 4.46. The molecule has 0 bridgehead atoms. The van der Waals surface area contributed by atoms with Gasteiger partial charge < -0.3 is 10.9 Å². The van der Waals surface area contributed by atoms with Crippen LogP contribution in [0, 0.1) is 0 Å². The molecule has 0 aromatic heterocycles. The van der Waals surface area contributed by atoms with Gasteiger partial charge in [0.05, 0.1) is 0 Å². The van der Waals surface area contributed by atoms with Crippen molar-refractivity contribution in [2.45, 2.75) is 25.7 Å². The van der Waals surface area contributed by atoms with Gasteiger partial charge in [-0.15, -0.1) is 0 Å². The summed E-state index contributed by atoms with van der Waals surface area (Å²) in [6, 6.07) is 0. The van der Waals surface area contributed by atoms with Crippen LogP contribution in [0.25, 0.3) is 0 Å². The Morgan fingerprint density at radius 2 is 1.25 bits per heavy atom. The molecule has 1 aliphatic heterocycles. The first kappa shape index (κ1) is 7.92. The summed E-state index contributed by atoms with van der Waals surface area (Å²) in [5.41, 5.74) is 0. The Bertz CT molecular complexity index is 28.1. The maximum Gasteiger partial charge on any atom is 0.0466 e. The highest BCUT2D eigenvalue weighted by Gasteiger charge is 1.95. The molecule has 0 unspecified atom stereocenters. The smallest absolute Gasteiger partial charge is 0.0466 e. The van der Waals surface area contributed by atoms with Gasteiger partial charge in [-0.05, 0) is 12.8 Å². The van der Waals surface area contributed by atoms with Crippen molar-refractivity contribution >= 4 is 0 Å². The minimum atomic E-state index is 0. The van der Waals surface area contributed by atoms with Gasteiger partial charge in [-0.2, -0.15) is 0 Å². The van der Waals surface area contributed by atoms with Crippen LogP contribution in [0.1, 0.15) is 25.7 Å². The quantitative estimate of drug-likeness (QED) is 0.525. The largest absolute Gasteiger partial charge is 0.381 e. The first-order valence-electron chi connectivity index (χ1n) is 3.08. The fourth-order valence-corrected chi connectivity index (χ4v) is 0.864. The van der Waals surface area contributed by atoms with Crippen molar-refractivity contribution in [2.75, 3.05) is 13.2 Å². The molecule has 8 heavy (non-hydrogen) atoms. The van der Waals surface area contributed by atoms with Crippen molar-refractivity contribution in [3.05, 3.63) is 0 Å². The lowest BCUT2D eigenvalue weighted by Gasteiger charge is -1.91. The third-order valence-electron chi connectivity index (χ3n) is 1.33. The Balaban J connectivity index is 0.000000490. The van der Waals surface area contributed by atoms with Crippen LogP contribution >= 0.6 is 0 Å². The second-order valence-corrected chi connectivity index (χ2v) is 2.03. The average Bonchev–Trinajstić information content (AvgIpc) is 1.90. The minimum absolute atomic E-state index is 0. The summed E-state index contributed by atoms with van der Waals surface area (Å²) in [6.07, 6.45) is 5.31. The molecular weight excluding hydrogens is 102 g/mol. The second kappa shape index (κ2) is 5.06. The molecule has 50 valence electrons.